The topological polar surface area (TPSA) is 0 Å². The van der Waals surface area contributed by atoms with Crippen LogP contribution in [0.4, 0.5) is 0 Å². The fraction of sp³-hybridized carbons (Fsp3) is 1.00. The molecule has 0 bridgehead atoms. The summed E-state index contributed by atoms with van der Waals surface area (Å²) >= 11 is 0. The van der Waals surface area contributed by atoms with Crippen LogP contribution < -0.4 is 0 Å². The summed E-state index contributed by atoms with van der Waals surface area (Å²) in [6, 6.07) is 0. The standard InChI is InChI=1S/C16H32/c1-6-7-13(4)9-11-16-14(5)15(16)10-8-12(2)3/h12-16H,6-11H2,1-5H3. The lowest BCUT2D eigenvalue weighted by atomic mass is 9.97. The molecule has 0 heterocycles. The van der Waals surface area contributed by atoms with Gasteiger partial charge in [0, 0.05) is 0 Å². The van der Waals surface area contributed by atoms with Crippen LogP contribution in [0.2, 0.25) is 0 Å². The predicted molar refractivity (Wildman–Crippen MR) is 73.5 cm³/mol. The van der Waals surface area contributed by atoms with Gasteiger partial charge in [-0.05, 0) is 42.4 Å². The van der Waals surface area contributed by atoms with Gasteiger partial charge < -0.3 is 0 Å². The lowest BCUT2D eigenvalue weighted by molar-refractivity contribution is 0.433. The van der Waals surface area contributed by atoms with Gasteiger partial charge in [0.25, 0.3) is 0 Å². The van der Waals surface area contributed by atoms with Crippen molar-refractivity contribution in [3.63, 3.8) is 0 Å². The summed E-state index contributed by atoms with van der Waals surface area (Å²) < 4.78 is 0. The SMILES string of the molecule is CCCC(C)CCC1C(C)C1CCC(C)C. The molecular weight excluding hydrogens is 192 g/mol. The first kappa shape index (κ1) is 14.1. The third-order valence-electron chi connectivity index (χ3n) is 4.61. The summed E-state index contributed by atoms with van der Waals surface area (Å²) in [5.74, 6) is 5.05. The van der Waals surface area contributed by atoms with Crippen LogP contribution in [0.25, 0.3) is 0 Å². The van der Waals surface area contributed by atoms with Crippen LogP contribution >= 0.6 is 0 Å². The number of hydrogen-bond acceptors (Lipinski definition) is 0. The molecule has 4 unspecified atom stereocenters. The Labute approximate surface area is 103 Å². The fourth-order valence-electron chi connectivity index (χ4n) is 3.23. The molecule has 0 saturated heterocycles. The molecule has 1 aliphatic carbocycles. The number of hydrogen-bond donors (Lipinski definition) is 0. The quantitative estimate of drug-likeness (QED) is 0.509. The molecule has 0 aromatic rings. The predicted octanol–water partition coefficient (Wildman–Crippen LogP) is 5.52. The van der Waals surface area contributed by atoms with Crippen LogP contribution in [0.15, 0.2) is 0 Å². The molecule has 0 N–H and O–H groups in total. The van der Waals surface area contributed by atoms with E-state index in [1.807, 2.05) is 0 Å². The number of rotatable bonds is 8. The van der Waals surface area contributed by atoms with Crippen molar-refractivity contribution in [2.75, 3.05) is 0 Å². The third kappa shape index (κ3) is 4.47. The van der Waals surface area contributed by atoms with Gasteiger partial charge in [-0.25, -0.2) is 0 Å². The van der Waals surface area contributed by atoms with Gasteiger partial charge in [0.15, 0.2) is 0 Å². The smallest absolute Gasteiger partial charge is 0.0355 e. The molecule has 0 aliphatic heterocycles. The van der Waals surface area contributed by atoms with E-state index in [9.17, 15) is 0 Å². The first-order chi connectivity index (χ1) is 7.56. The van der Waals surface area contributed by atoms with Crippen molar-refractivity contribution in [1.29, 1.82) is 0 Å². The van der Waals surface area contributed by atoms with Crippen molar-refractivity contribution in [1.82, 2.24) is 0 Å². The van der Waals surface area contributed by atoms with Crippen LogP contribution in [0, 0.1) is 29.6 Å². The molecule has 0 aromatic carbocycles. The molecule has 1 saturated carbocycles. The maximum atomic E-state index is 2.47. The van der Waals surface area contributed by atoms with Gasteiger partial charge in [-0.2, -0.15) is 0 Å². The average Bonchev–Trinajstić information content (AvgIpc) is 2.83. The highest BCUT2D eigenvalue weighted by molar-refractivity contribution is 4.93. The first-order valence-corrected chi connectivity index (χ1v) is 7.56. The molecule has 1 aliphatic rings. The van der Waals surface area contributed by atoms with E-state index < -0.39 is 0 Å². The average molecular weight is 224 g/mol. The minimum absolute atomic E-state index is 0.896. The van der Waals surface area contributed by atoms with Crippen molar-refractivity contribution in [2.45, 2.75) is 73.1 Å². The highest BCUT2D eigenvalue weighted by atomic mass is 14.5. The van der Waals surface area contributed by atoms with Gasteiger partial charge in [0.05, 0.1) is 0 Å². The van der Waals surface area contributed by atoms with E-state index in [4.69, 9.17) is 0 Å². The first-order valence-electron chi connectivity index (χ1n) is 7.56. The van der Waals surface area contributed by atoms with E-state index in [2.05, 4.69) is 34.6 Å². The Balaban J connectivity index is 2.10. The maximum absolute atomic E-state index is 2.47. The largest absolute Gasteiger partial charge is 0.0654 e. The van der Waals surface area contributed by atoms with Gasteiger partial charge >= 0.3 is 0 Å². The Bertz CT molecular complexity index is 182. The highest BCUT2D eigenvalue weighted by Crippen LogP contribution is 2.52. The molecule has 16 heavy (non-hydrogen) atoms. The van der Waals surface area contributed by atoms with Gasteiger partial charge in [-0.15, -0.1) is 0 Å². The van der Waals surface area contributed by atoms with E-state index in [1.165, 1.54) is 38.5 Å². The molecule has 0 heteroatoms. The summed E-state index contributed by atoms with van der Waals surface area (Å²) in [5.41, 5.74) is 0. The second-order valence-corrected chi connectivity index (χ2v) is 6.63. The Morgan fingerprint density at radius 1 is 0.875 bits per heavy atom. The molecule has 0 radical (unpaired) electrons. The molecule has 96 valence electrons. The van der Waals surface area contributed by atoms with Crippen LogP contribution in [0.3, 0.4) is 0 Å². The van der Waals surface area contributed by atoms with Gasteiger partial charge in [0.1, 0.15) is 0 Å². The second kappa shape index (κ2) is 6.67. The molecule has 0 aromatic heterocycles. The van der Waals surface area contributed by atoms with E-state index >= 15 is 0 Å². The Kier molecular flexibility index (Phi) is 5.86. The van der Waals surface area contributed by atoms with Crippen LogP contribution in [-0.4, -0.2) is 0 Å². The molecule has 4 atom stereocenters. The molecule has 1 fully saturated rings. The lowest BCUT2D eigenvalue weighted by Gasteiger charge is -2.09. The molecule has 1 rings (SSSR count). The van der Waals surface area contributed by atoms with Crippen molar-refractivity contribution < 1.29 is 0 Å². The van der Waals surface area contributed by atoms with E-state index in [-0.39, 0.29) is 0 Å². The molecule has 0 amide bonds. The monoisotopic (exact) mass is 224 g/mol. The maximum Gasteiger partial charge on any atom is -0.0355 e. The summed E-state index contributed by atoms with van der Waals surface area (Å²) in [4.78, 5) is 0. The van der Waals surface area contributed by atoms with Crippen molar-refractivity contribution in [3.8, 4) is 0 Å². The third-order valence-corrected chi connectivity index (χ3v) is 4.61. The van der Waals surface area contributed by atoms with Crippen LogP contribution in [0.1, 0.15) is 73.1 Å². The van der Waals surface area contributed by atoms with E-state index in [0.717, 1.165) is 29.6 Å². The molecule has 0 spiro atoms. The zero-order chi connectivity index (χ0) is 12.1. The van der Waals surface area contributed by atoms with Crippen LogP contribution in [-0.2, 0) is 0 Å². The van der Waals surface area contributed by atoms with Crippen LogP contribution in [0.5, 0.6) is 0 Å². The second-order valence-electron chi connectivity index (χ2n) is 6.63. The minimum atomic E-state index is 0.896. The minimum Gasteiger partial charge on any atom is -0.0654 e. The van der Waals surface area contributed by atoms with Crippen molar-refractivity contribution in [3.05, 3.63) is 0 Å². The zero-order valence-electron chi connectivity index (χ0n) is 12.1. The summed E-state index contributed by atoms with van der Waals surface area (Å²) in [5, 5.41) is 0. The Hall–Kier alpha value is 0. The Morgan fingerprint density at radius 3 is 1.94 bits per heavy atom. The van der Waals surface area contributed by atoms with E-state index in [1.54, 1.807) is 0 Å². The van der Waals surface area contributed by atoms with Gasteiger partial charge in [0.2, 0.25) is 0 Å². The zero-order valence-corrected chi connectivity index (χ0v) is 12.1. The summed E-state index contributed by atoms with van der Waals surface area (Å²) in [7, 11) is 0. The molecule has 0 nitrogen and oxygen atoms in total. The van der Waals surface area contributed by atoms with Gasteiger partial charge in [-0.1, -0.05) is 60.3 Å². The highest BCUT2D eigenvalue weighted by Gasteiger charge is 2.44. The lowest BCUT2D eigenvalue weighted by Crippen LogP contribution is -1.96. The molecular formula is C16H32. The fourth-order valence-corrected chi connectivity index (χ4v) is 3.23. The Morgan fingerprint density at radius 2 is 1.44 bits per heavy atom. The summed E-state index contributed by atoms with van der Waals surface area (Å²) in [6.07, 6.45) is 8.70. The van der Waals surface area contributed by atoms with Gasteiger partial charge in [-0.3, -0.25) is 0 Å². The van der Waals surface area contributed by atoms with Crippen molar-refractivity contribution in [2.24, 2.45) is 29.6 Å². The van der Waals surface area contributed by atoms with E-state index in [0.29, 0.717) is 0 Å². The normalized spacial score (nSPS) is 30.8. The summed E-state index contributed by atoms with van der Waals surface area (Å²) in [6.45, 7) is 11.9. The van der Waals surface area contributed by atoms with Crippen molar-refractivity contribution >= 4 is 0 Å².